The number of Topliss-reactive ketones (excluding diaryl/α,β-unsaturated/α-hetero) is 1. The summed E-state index contributed by atoms with van der Waals surface area (Å²) in [6, 6.07) is 0. The van der Waals surface area contributed by atoms with Gasteiger partial charge in [0, 0.05) is 12.3 Å². The van der Waals surface area contributed by atoms with Gasteiger partial charge in [-0.05, 0) is 18.8 Å². The molecule has 1 radical (unpaired) electrons. The summed E-state index contributed by atoms with van der Waals surface area (Å²) in [6.07, 6.45) is 5.71. The smallest absolute Gasteiger partial charge is 0.136 e. The molecule has 0 aromatic heterocycles. The van der Waals surface area contributed by atoms with E-state index >= 15 is 0 Å². The van der Waals surface area contributed by atoms with Crippen molar-refractivity contribution in [3.63, 3.8) is 0 Å². The summed E-state index contributed by atoms with van der Waals surface area (Å²) in [5.41, 5.74) is 0. The van der Waals surface area contributed by atoms with E-state index in [2.05, 4.69) is 6.92 Å². The SMILES string of the molecule is CCC(=O)C(C)[C]1CCCC1. The normalized spacial score (nSPS) is 22.0. The van der Waals surface area contributed by atoms with Gasteiger partial charge in [-0.3, -0.25) is 4.79 Å². The second kappa shape index (κ2) is 3.89. The Hall–Kier alpha value is -0.330. The number of hydrogen-bond acceptors (Lipinski definition) is 1. The Morgan fingerprint density at radius 1 is 1.45 bits per heavy atom. The Morgan fingerprint density at radius 3 is 2.45 bits per heavy atom. The minimum absolute atomic E-state index is 0.252. The van der Waals surface area contributed by atoms with E-state index in [1.165, 1.54) is 31.6 Å². The van der Waals surface area contributed by atoms with Gasteiger partial charge in [-0.1, -0.05) is 26.7 Å². The van der Waals surface area contributed by atoms with Gasteiger partial charge in [0.05, 0.1) is 0 Å². The minimum Gasteiger partial charge on any atom is -0.299 e. The fraction of sp³-hybridized carbons (Fsp3) is 0.800. The van der Waals surface area contributed by atoms with Crippen LogP contribution in [0.3, 0.4) is 0 Å². The van der Waals surface area contributed by atoms with E-state index in [9.17, 15) is 4.79 Å². The van der Waals surface area contributed by atoms with Crippen molar-refractivity contribution < 1.29 is 4.79 Å². The first-order chi connectivity index (χ1) is 5.25. The third kappa shape index (κ3) is 2.05. The first kappa shape index (κ1) is 8.76. The van der Waals surface area contributed by atoms with E-state index in [-0.39, 0.29) is 5.92 Å². The van der Waals surface area contributed by atoms with Crippen LogP contribution in [-0.4, -0.2) is 5.78 Å². The van der Waals surface area contributed by atoms with Gasteiger partial charge in [0.1, 0.15) is 5.78 Å². The molecule has 1 heteroatoms. The highest BCUT2D eigenvalue weighted by Crippen LogP contribution is 2.33. The summed E-state index contributed by atoms with van der Waals surface area (Å²) in [5, 5.41) is 0. The van der Waals surface area contributed by atoms with Gasteiger partial charge in [0.25, 0.3) is 0 Å². The van der Waals surface area contributed by atoms with Gasteiger partial charge in [-0.2, -0.15) is 0 Å². The fourth-order valence-electron chi connectivity index (χ4n) is 1.80. The lowest BCUT2D eigenvalue weighted by atomic mass is 9.88. The number of carbonyl (C=O) groups is 1. The fourth-order valence-corrected chi connectivity index (χ4v) is 1.80. The van der Waals surface area contributed by atoms with E-state index in [1.807, 2.05) is 6.92 Å². The van der Waals surface area contributed by atoms with Crippen LogP contribution in [0.1, 0.15) is 46.0 Å². The van der Waals surface area contributed by atoms with Crippen molar-refractivity contribution in [1.29, 1.82) is 0 Å². The van der Waals surface area contributed by atoms with Crippen molar-refractivity contribution in [2.75, 3.05) is 0 Å². The van der Waals surface area contributed by atoms with Gasteiger partial charge in [0.2, 0.25) is 0 Å². The van der Waals surface area contributed by atoms with Gasteiger partial charge in [-0.15, -0.1) is 0 Å². The summed E-state index contributed by atoms with van der Waals surface area (Å²) < 4.78 is 0. The molecule has 0 aromatic rings. The van der Waals surface area contributed by atoms with E-state index in [4.69, 9.17) is 0 Å². The molecule has 0 N–H and O–H groups in total. The molecule has 1 atom stereocenters. The predicted molar refractivity (Wildman–Crippen MR) is 46.2 cm³/mol. The van der Waals surface area contributed by atoms with Crippen molar-refractivity contribution in [2.45, 2.75) is 46.0 Å². The molecule has 0 spiro atoms. The number of rotatable bonds is 3. The molecule has 1 rings (SSSR count). The Kier molecular flexibility index (Phi) is 3.10. The van der Waals surface area contributed by atoms with Crippen molar-refractivity contribution >= 4 is 5.78 Å². The Bertz CT molecular complexity index is 134. The summed E-state index contributed by atoms with van der Waals surface area (Å²) in [5.74, 6) is 2.17. The summed E-state index contributed by atoms with van der Waals surface area (Å²) in [6.45, 7) is 4.01. The Labute approximate surface area is 69.2 Å². The first-order valence-corrected chi connectivity index (χ1v) is 4.63. The maximum Gasteiger partial charge on any atom is 0.136 e. The first-order valence-electron chi connectivity index (χ1n) is 4.63. The van der Waals surface area contributed by atoms with Gasteiger partial charge >= 0.3 is 0 Å². The van der Waals surface area contributed by atoms with Crippen LogP contribution in [0.5, 0.6) is 0 Å². The maximum absolute atomic E-state index is 11.3. The molecule has 11 heavy (non-hydrogen) atoms. The van der Waals surface area contributed by atoms with Crippen LogP contribution in [0, 0.1) is 11.8 Å². The van der Waals surface area contributed by atoms with E-state index < -0.39 is 0 Å². The molecule has 0 aliphatic heterocycles. The van der Waals surface area contributed by atoms with Crippen LogP contribution >= 0.6 is 0 Å². The molecule has 0 bridgehead atoms. The van der Waals surface area contributed by atoms with Crippen LogP contribution in [-0.2, 0) is 4.79 Å². The molecule has 63 valence electrons. The lowest BCUT2D eigenvalue weighted by Gasteiger charge is -2.15. The lowest BCUT2D eigenvalue weighted by molar-refractivity contribution is -0.121. The number of ketones is 1. The Morgan fingerprint density at radius 2 is 2.00 bits per heavy atom. The highest BCUT2D eigenvalue weighted by atomic mass is 16.1. The van der Waals surface area contributed by atoms with E-state index in [0.29, 0.717) is 12.2 Å². The summed E-state index contributed by atoms with van der Waals surface area (Å²) >= 11 is 0. The molecule has 1 aliphatic carbocycles. The van der Waals surface area contributed by atoms with Crippen molar-refractivity contribution in [1.82, 2.24) is 0 Å². The average Bonchev–Trinajstić information content (AvgIpc) is 2.53. The minimum atomic E-state index is 0.252. The molecule has 0 saturated heterocycles. The van der Waals surface area contributed by atoms with Crippen LogP contribution in [0.25, 0.3) is 0 Å². The molecule has 0 aromatic carbocycles. The molecule has 1 saturated carbocycles. The van der Waals surface area contributed by atoms with Gasteiger partial charge in [-0.25, -0.2) is 0 Å². The standard InChI is InChI=1S/C10H17O/c1-3-10(11)8(2)9-6-4-5-7-9/h8H,3-7H2,1-2H3. The van der Waals surface area contributed by atoms with Gasteiger partial charge in [0.15, 0.2) is 0 Å². The monoisotopic (exact) mass is 153 g/mol. The highest BCUT2D eigenvalue weighted by molar-refractivity contribution is 5.82. The zero-order valence-corrected chi connectivity index (χ0v) is 7.52. The predicted octanol–water partition coefficient (Wildman–Crippen LogP) is 2.75. The molecule has 1 aliphatic rings. The quantitative estimate of drug-likeness (QED) is 0.609. The largest absolute Gasteiger partial charge is 0.299 e. The molecule has 0 heterocycles. The molecule has 1 fully saturated rings. The van der Waals surface area contributed by atoms with E-state index in [0.717, 1.165) is 0 Å². The second-order valence-electron chi connectivity index (χ2n) is 3.41. The van der Waals surface area contributed by atoms with Crippen molar-refractivity contribution in [3.05, 3.63) is 5.92 Å². The Balaban J connectivity index is 2.39. The molecule has 0 amide bonds. The summed E-state index contributed by atoms with van der Waals surface area (Å²) in [4.78, 5) is 11.3. The van der Waals surface area contributed by atoms with Crippen LogP contribution in [0.15, 0.2) is 0 Å². The van der Waals surface area contributed by atoms with Crippen molar-refractivity contribution in [2.24, 2.45) is 5.92 Å². The second-order valence-corrected chi connectivity index (χ2v) is 3.41. The number of carbonyl (C=O) groups excluding carboxylic acids is 1. The zero-order valence-electron chi connectivity index (χ0n) is 7.52. The molecular weight excluding hydrogens is 136 g/mol. The van der Waals surface area contributed by atoms with Crippen molar-refractivity contribution in [3.8, 4) is 0 Å². The highest BCUT2D eigenvalue weighted by Gasteiger charge is 2.25. The van der Waals surface area contributed by atoms with E-state index in [1.54, 1.807) is 0 Å². The maximum atomic E-state index is 11.3. The zero-order chi connectivity index (χ0) is 8.27. The summed E-state index contributed by atoms with van der Waals surface area (Å²) in [7, 11) is 0. The lowest BCUT2D eigenvalue weighted by Crippen LogP contribution is -2.16. The van der Waals surface area contributed by atoms with Crippen LogP contribution < -0.4 is 0 Å². The van der Waals surface area contributed by atoms with Crippen LogP contribution in [0.4, 0.5) is 0 Å². The third-order valence-electron chi connectivity index (χ3n) is 2.69. The molecule has 1 nitrogen and oxygen atoms in total. The molecule has 1 unspecified atom stereocenters. The third-order valence-corrected chi connectivity index (χ3v) is 2.69. The topological polar surface area (TPSA) is 17.1 Å². The molecular formula is C10H17O. The van der Waals surface area contributed by atoms with Gasteiger partial charge < -0.3 is 0 Å². The van der Waals surface area contributed by atoms with Crippen LogP contribution in [0.2, 0.25) is 0 Å². The number of hydrogen-bond donors (Lipinski definition) is 0. The average molecular weight is 153 g/mol.